The summed E-state index contributed by atoms with van der Waals surface area (Å²) in [6, 6.07) is 145. The van der Waals surface area contributed by atoms with Crippen LogP contribution in [0, 0.1) is 19.8 Å². The Morgan fingerprint density at radius 1 is 0.214 bits per heavy atom. The largest absolute Gasteiger partial charge is 0.265 e. The Kier molecular flexibility index (Phi) is 48.5. The molecular weight excluding hydrogens is 1520 g/mol. The van der Waals surface area contributed by atoms with Crippen molar-refractivity contribution in [2.45, 2.75) is 130 Å². The number of aryl methyl sites for hydroxylation is 2. The van der Waals surface area contributed by atoms with E-state index in [1.807, 2.05) is 170 Å². The van der Waals surface area contributed by atoms with Crippen molar-refractivity contribution in [1.82, 2.24) is 9.97 Å². The molecule has 3 aliphatic carbocycles. The molecule has 3 aliphatic rings. The fourth-order valence-corrected chi connectivity index (χ4v) is 13.8. The molecule has 3 unspecified atom stereocenters. The van der Waals surface area contributed by atoms with Gasteiger partial charge >= 0.3 is 0 Å². The van der Waals surface area contributed by atoms with Gasteiger partial charge in [0.15, 0.2) is 0 Å². The molecule has 19 aromatic rings. The summed E-state index contributed by atoms with van der Waals surface area (Å²) in [5.41, 5.74) is 11.9. The standard InChI is InChI=1S/C14H12.3C14H10.C13H12.C10H10.C10H8.C9H7N.C7H8.C5H5N.7C2H6/c2*1-3-7-13-11(5-1)9-10-12-6-2-4-8-14(12)13;2*1-2-6-12-10-14-8-4-3-7-13(14)9-11(12)5-1;1-11-7-9-13(10-8-11)12-5-3-2-4-6-12;1-8-6-7-9-4-2-3-5-10(8)9;1-2-6-10-8-4-3-7-9(10)5-1;1-2-6-9-8(4-1)5-3-7-10-9;1-7-5-3-2-4-6-7;1-2-4-6-5-3-1;7*1-2/h1-11,13H;3*1-10H;2-10H,1H3;2-8H,1H3;1-8H;1-7H;2-6H,1H3;1-5H;7*1-2H3. The zero-order valence-electron chi connectivity index (χ0n) is 77.8. The van der Waals surface area contributed by atoms with Gasteiger partial charge in [-0.25, -0.2) is 0 Å². The average molecular weight is 1650 g/mol. The van der Waals surface area contributed by atoms with E-state index in [1.165, 1.54) is 125 Å². The molecule has 22 rings (SSSR count). The lowest BCUT2D eigenvalue weighted by Crippen LogP contribution is -2.12. The molecule has 0 bridgehead atoms. The molecule has 0 spiro atoms. The van der Waals surface area contributed by atoms with Crippen molar-refractivity contribution in [1.29, 1.82) is 0 Å². The second-order valence-electron chi connectivity index (χ2n) is 27.7. The number of allylic oxidation sites excluding steroid dienone is 6. The minimum atomic E-state index is 0.557. The molecule has 0 amide bonds. The van der Waals surface area contributed by atoms with E-state index >= 15 is 0 Å². The molecule has 0 N–H and O–H groups in total. The summed E-state index contributed by atoms with van der Waals surface area (Å²) >= 11 is 0. The maximum Gasteiger partial charge on any atom is 0.0701 e. The number of nitrogens with zero attached hydrogens (tertiary/aromatic N) is 2. The van der Waals surface area contributed by atoms with Crippen LogP contribution in [0.4, 0.5) is 0 Å². The Balaban J connectivity index is 0.000000214. The third kappa shape index (κ3) is 32.7. The zero-order chi connectivity index (χ0) is 90.6. The summed E-state index contributed by atoms with van der Waals surface area (Å²) in [5.74, 6) is 1.74. The van der Waals surface area contributed by atoms with Crippen molar-refractivity contribution in [3.8, 4) is 11.1 Å². The maximum atomic E-state index is 4.18. The molecule has 0 saturated heterocycles. The number of benzene rings is 17. The molecule has 0 fully saturated rings. The van der Waals surface area contributed by atoms with Crippen molar-refractivity contribution in [2.75, 3.05) is 0 Å². The summed E-state index contributed by atoms with van der Waals surface area (Å²) in [6.45, 7) is 34.4. The predicted octanol–water partition coefficient (Wildman–Crippen LogP) is 37.3. The molecular formula is C124H134N2. The smallest absolute Gasteiger partial charge is 0.0701 e. The first-order chi connectivity index (χ1) is 62.3. The van der Waals surface area contributed by atoms with E-state index < -0.39 is 0 Å². The van der Waals surface area contributed by atoms with Gasteiger partial charge in [-0.3, -0.25) is 9.97 Å². The summed E-state index contributed by atoms with van der Waals surface area (Å²) in [4.78, 5) is 7.97. The number of rotatable bonds is 1. The first-order valence-electron chi connectivity index (χ1n) is 45.6. The fourth-order valence-electron chi connectivity index (χ4n) is 13.8. The molecule has 2 heteroatoms. The molecule has 126 heavy (non-hydrogen) atoms. The number of para-hydroxylation sites is 1. The topological polar surface area (TPSA) is 25.8 Å². The molecule has 3 atom stereocenters. The van der Waals surface area contributed by atoms with Crippen LogP contribution in [0.2, 0.25) is 0 Å². The van der Waals surface area contributed by atoms with Crippen LogP contribution in [-0.4, -0.2) is 9.97 Å². The summed E-state index contributed by atoms with van der Waals surface area (Å²) in [6.07, 6.45) is 23.1. The predicted molar refractivity (Wildman–Crippen MR) is 565 cm³/mol. The highest BCUT2D eigenvalue weighted by Crippen LogP contribution is 2.38. The number of fused-ring (bicyclic) bond motifs is 13. The van der Waals surface area contributed by atoms with Crippen molar-refractivity contribution in [3.63, 3.8) is 0 Å². The Morgan fingerprint density at radius 3 is 0.913 bits per heavy atom. The Labute approximate surface area is 756 Å². The van der Waals surface area contributed by atoms with Gasteiger partial charge in [-0.1, -0.05) is 534 Å². The Hall–Kier alpha value is -13.9. The SMILES string of the molecule is C1=CC2C=Cc3ccccc3C2C=C1.CC.CC.CC.CC.CC.CC.CC.CC1C=Cc2ccccc21.Cc1ccc(-c2ccccc2)cc1.Cc1ccccc1.c1ccc2c(c1)ccc1ccccc12.c1ccc2cc3ccccc3cc2c1.c1ccc2cc3ccccc3cc2c1.c1ccc2ccccc2c1.c1ccc2ncccc2c1.c1ccncc1. The number of hydrogen-bond donors (Lipinski definition) is 0. The van der Waals surface area contributed by atoms with Crippen molar-refractivity contribution < 1.29 is 0 Å². The van der Waals surface area contributed by atoms with Crippen molar-refractivity contribution in [3.05, 3.63) is 507 Å². The lowest BCUT2D eigenvalue weighted by molar-refractivity contribution is 0.692. The third-order valence-electron chi connectivity index (χ3n) is 19.8. The highest BCUT2D eigenvalue weighted by atomic mass is 14.6. The van der Waals surface area contributed by atoms with Crippen LogP contribution >= 0.6 is 0 Å². The van der Waals surface area contributed by atoms with Crippen LogP contribution in [0.5, 0.6) is 0 Å². The lowest BCUT2D eigenvalue weighted by Gasteiger charge is -2.27. The van der Waals surface area contributed by atoms with E-state index in [9.17, 15) is 0 Å². The van der Waals surface area contributed by atoms with Gasteiger partial charge in [-0.05, 0) is 177 Å². The van der Waals surface area contributed by atoms with E-state index in [0.29, 0.717) is 17.8 Å². The molecule has 2 heterocycles. The van der Waals surface area contributed by atoms with Gasteiger partial charge in [0.1, 0.15) is 0 Å². The normalized spacial score (nSPS) is 12.1. The molecule has 0 radical (unpaired) electrons. The zero-order valence-corrected chi connectivity index (χ0v) is 77.8. The molecule has 2 nitrogen and oxygen atoms in total. The lowest BCUT2D eigenvalue weighted by atomic mass is 9.77. The quantitative estimate of drug-likeness (QED) is 0.121. The third-order valence-corrected chi connectivity index (χ3v) is 19.8. The maximum absolute atomic E-state index is 4.18. The minimum absolute atomic E-state index is 0.557. The monoisotopic (exact) mass is 1650 g/mol. The average Bonchev–Trinajstić information content (AvgIpc) is 1.01. The second-order valence-corrected chi connectivity index (χ2v) is 27.7. The van der Waals surface area contributed by atoms with E-state index in [2.05, 4.69) is 431 Å². The molecule has 2 aromatic heterocycles. The first-order valence-corrected chi connectivity index (χ1v) is 45.6. The van der Waals surface area contributed by atoms with Gasteiger partial charge in [0.25, 0.3) is 0 Å². The van der Waals surface area contributed by atoms with E-state index in [-0.39, 0.29) is 0 Å². The number of pyridine rings is 2. The molecule has 17 aromatic carbocycles. The molecule has 0 saturated carbocycles. The van der Waals surface area contributed by atoms with Gasteiger partial charge in [-0.15, -0.1) is 0 Å². The summed E-state index contributed by atoms with van der Waals surface area (Å²) in [5, 5.41) is 19.6. The van der Waals surface area contributed by atoms with Crippen LogP contribution in [-0.2, 0) is 0 Å². The van der Waals surface area contributed by atoms with Gasteiger partial charge < -0.3 is 0 Å². The Morgan fingerprint density at radius 2 is 0.524 bits per heavy atom. The van der Waals surface area contributed by atoms with E-state index in [4.69, 9.17) is 0 Å². The first kappa shape index (κ1) is 101. The van der Waals surface area contributed by atoms with Crippen LogP contribution in [0.25, 0.3) is 110 Å². The van der Waals surface area contributed by atoms with Crippen molar-refractivity contribution in [2.24, 2.45) is 5.92 Å². The Bertz CT molecular complexity index is 5630. The summed E-state index contributed by atoms with van der Waals surface area (Å²) < 4.78 is 0. The van der Waals surface area contributed by atoms with Gasteiger partial charge in [-0.2, -0.15) is 0 Å². The number of hydrogen-bond acceptors (Lipinski definition) is 2. The minimum Gasteiger partial charge on any atom is -0.265 e. The summed E-state index contributed by atoms with van der Waals surface area (Å²) in [7, 11) is 0. The van der Waals surface area contributed by atoms with Gasteiger partial charge in [0, 0.05) is 35.8 Å². The molecule has 640 valence electrons. The van der Waals surface area contributed by atoms with E-state index in [0.717, 1.165) is 5.52 Å². The number of aromatic nitrogens is 2. The van der Waals surface area contributed by atoms with Crippen molar-refractivity contribution >= 4 is 98.5 Å². The highest BCUT2D eigenvalue weighted by Gasteiger charge is 2.23. The van der Waals surface area contributed by atoms with Crippen LogP contribution in [0.3, 0.4) is 0 Å². The van der Waals surface area contributed by atoms with Crippen LogP contribution < -0.4 is 0 Å². The van der Waals surface area contributed by atoms with Gasteiger partial charge in [0.2, 0.25) is 0 Å². The molecule has 0 aliphatic heterocycles. The van der Waals surface area contributed by atoms with Crippen LogP contribution in [0.15, 0.2) is 474 Å². The van der Waals surface area contributed by atoms with Gasteiger partial charge in [0.05, 0.1) is 5.52 Å². The van der Waals surface area contributed by atoms with E-state index in [1.54, 1.807) is 12.4 Å². The highest BCUT2D eigenvalue weighted by molar-refractivity contribution is 6.07. The second kappa shape index (κ2) is 60.6. The van der Waals surface area contributed by atoms with Crippen LogP contribution in [0.1, 0.15) is 149 Å². The fraction of sp³-hybridized carbons (Fsp3) is 0.161.